The van der Waals surface area contributed by atoms with Gasteiger partial charge in [0.05, 0.1) is 5.69 Å². The van der Waals surface area contributed by atoms with Gasteiger partial charge < -0.3 is 10.2 Å². The van der Waals surface area contributed by atoms with Gasteiger partial charge in [-0.05, 0) is 19.8 Å². The van der Waals surface area contributed by atoms with Crippen LogP contribution in [0, 0.1) is 12.8 Å². The fourth-order valence-corrected chi connectivity index (χ4v) is 2.88. The van der Waals surface area contributed by atoms with Crippen molar-refractivity contribution in [2.24, 2.45) is 5.92 Å². The Morgan fingerprint density at radius 1 is 1.28 bits per heavy atom. The second kappa shape index (κ2) is 7.10. The van der Waals surface area contributed by atoms with Gasteiger partial charge in [-0.3, -0.25) is 0 Å². The summed E-state index contributed by atoms with van der Waals surface area (Å²) < 4.78 is 0. The molecule has 1 N–H and O–H groups in total. The molecule has 0 saturated heterocycles. The lowest BCUT2D eigenvalue weighted by Gasteiger charge is -2.21. The van der Waals surface area contributed by atoms with Crippen molar-refractivity contribution in [3.63, 3.8) is 0 Å². The first-order chi connectivity index (χ1) is 8.43. The van der Waals surface area contributed by atoms with Crippen molar-refractivity contribution < 1.29 is 0 Å². The lowest BCUT2D eigenvalue weighted by molar-refractivity contribution is 0.591. The molecule has 104 valence electrons. The summed E-state index contributed by atoms with van der Waals surface area (Å²) in [6, 6.07) is 0.521. The second-order valence-electron chi connectivity index (χ2n) is 5.47. The van der Waals surface area contributed by atoms with Gasteiger partial charge in [-0.25, -0.2) is 4.98 Å². The molecule has 0 spiro atoms. The first-order valence-electron chi connectivity index (χ1n) is 6.88. The number of nitrogens with zero attached hydrogens (tertiary/aromatic N) is 2. The van der Waals surface area contributed by atoms with Crippen LogP contribution in [0.15, 0.2) is 0 Å². The molecule has 0 aliphatic carbocycles. The van der Waals surface area contributed by atoms with E-state index in [1.807, 2.05) is 11.3 Å². The first-order valence-corrected chi connectivity index (χ1v) is 7.70. The zero-order valence-corrected chi connectivity index (χ0v) is 13.4. The molecule has 1 aromatic rings. The normalized spacial score (nSPS) is 11.6. The average molecular weight is 269 g/mol. The molecule has 1 rings (SSSR count). The minimum absolute atomic E-state index is 0.521. The predicted molar refractivity (Wildman–Crippen MR) is 81.6 cm³/mol. The maximum Gasteiger partial charge on any atom is 0.185 e. The highest BCUT2D eigenvalue weighted by Crippen LogP contribution is 2.26. The quantitative estimate of drug-likeness (QED) is 0.822. The van der Waals surface area contributed by atoms with Crippen LogP contribution >= 0.6 is 11.3 Å². The van der Waals surface area contributed by atoms with E-state index in [1.54, 1.807) is 0 Å². The zero-order chi connectivity index (χ0) is 13.7. The maximum atomic E-state index is 4.72. The van der Waals surface area contributed by atoms with E-state index in [0.29, 0.717) is 12.0 Å². The Morgan fingerprint density at radius 3 is 2.44 bits per heavy atom. The molecule has 0 aromatic carbocycles. The van der Waals surface area contributed by atoms with E-state index in [4.69, 9.17) is 4.98 Å². The van der Waals surface area contributed by atoms with E-state index in [-0.39, 0.29) is 0 Å². The fourth-order valence-electron chi connectivity index (χ4n) is 1.79. The molecule has 0 unspecified atom stereocenters. The van der Waals surface area contributed by atoms with Crippen LogP contribution in [0.2, 0.25) is 0 Å². The number of aromatic nitrogens is 1. The first kappa shape index (κ1) is 15.4. The van der Waals surface area contributed by atoms with Crippen LogP contribution in [0.3, 0.4) is 0 Å². The Morgan fingerprint density at radius 2 is 1.94 bits per heavy atom. The van der Waals surface area contributed by atoms with Crippen LogP contribution in [0.25, 0.3) is 0 Å². The molecule has 0 amide bonds. The summed E-state index contributed by atoms with van der Waals surface area (Å²) in [6.45, 7) is 16.2. The lowest BCUT2D eigenvalue weighted by Crippen LogP contribution is -2.27. The third-order valence-corrected chi connectivity index (χ3v) is 4.01. The summed E-state index contributed by atoms with van der Waals surface area (Å²) in [5.41, 5.74) is 1.17. The Balaban J connectivity index is 2.74. The standard InChI is InChI=1S/C14H27N3S/c1-7-17(9-10(2)3)14-16-12(6)13(18-14)8-15-11(4)5/h10-11,15H,7-9H2,1-6H3. The number of hydrogen-bond acceptors (Lipinski definition) is 4. The average Bonchev–Trinajstić information content (AvgIpc) is 2.64. The highest BCUT2D eigenvalue weighted by atomic mass is 32.1. The second-order valence-corrected chi connectivity index (χ2v) is 6.54. The number of rotatable bonds is 7. The largest absolute Gasteiger partial charge is 0.348 e. The van der Waals surface area contributed by atoms with Crippen molar-refractivity contribution in [3.05, 3.63) is 10.6 Å². The van der Waals surface area contributed by atoms with Crippen molar-refractivity contribution in [3.8, 4) is 0 Å². The van der Waals surface area contributed by atoms with E-state index >= 15 is 0 Å². The van der Waals surface area contributed by atoms with Crippen molar-refractivity contribution in [1.29, 1.82) is 0 Å². The number of anilines is 1. The van der Waals surface area contributed by atoms with Gasteiger partial charge in [0.1, 0.15) is 0 Å². The summed E-state index contributed by atoms with van der Waals surface area (Å²) >= 11 is 1.83. The van der Waals surface area contributed by atoms with E-state index in [2.05, 4.69) is 51.8 Å². The fraction of sp³-hybridized carbons (Fsp3) is 0.786. The Labute approximate surface area is 116 Å². The molecule has 0 bridgehead atoms. The molecule has 1 heterocycles. The Bertz CT molecular complexity index is 358. The molecule has 0 fully saturated rings. The smallest absolute Gasteiger partial charge is 0.185 e. The highest BCUT2D eigenvalue weighted by Gasteiger charge is 2.14. The molecular weight excluding hydrogens is 242 g/mol. The molecule has 0 radical (unpaired) electrons. The summed E-state index contributed by atoms with van der Waals surface area (Å²) in [5, 5.41) is 4.64. The molecule has 4 heteroatoms. The Hall–Kier alpha value is -0.610. The van der Waals surface area contributed by atoms with Crippen molar-refractivity contribution >= 4 is 16.5 Å². The van der Waals surface area contributed by atoms with E-state index < -0.39 is 0 Å². The van der Waals surface area contributed by atoms with Crippen LogP contribution < -0.4 is 10.2 Å². The van der Waals surface area contributed by atoms with Gasteiger partial charge >= 0.3 is 0 Å². The van der Waals surface area contributed by atoms with Crippen molar-refractivity contribution in [2.75, 3.05) is 18.0 Å². The molecule has 3 nitrogen and oxygen atoms in total. The van der Waals surface area contributed by atoms with Crippen LogP contribution in [0.1, 0.15) is 45.2 Å². The SMILES string of the molecule is CCN(CC(C)C)c1nc(C)c(CNC(C)C)s1. The Kier molecular flexibility index (Phi) is 6.09. The number of hydrogen-bond donors (Lipinski definition) is 1. The van der Waals surface area contributed by atoms with Gasteiger partial charge in [0, 0.05) is 30.6 Å². The summed E-state index contributed by atoms with van der Waals surface area (Å²) in [6.07, 6.45) is 0. The molecule has 0 aliphatic heterocycles. The third-order valence-electron chi connectivity index (χ3n) is 2.79. The number of nitrogens with one attached hydrogen (secondary N) is 1. The summed E-state index contributed by atoms with van der Waals surface area (Å²) in [5.74, 6) is 0.673. The third kappa shape index (κ3) is 4.58. The van der Waals surface area contributed by atoms with Gasteiger partial charge in [0.25, 0.3) is 0 Å². The zero-order valence-electron chi connectivity index (χ0n) is 12.6. The van der Waals surface area contributed by atoms with Crippen LogP contribution in [0.5, 0.6) is 0 Å². The number of aryl methyl sites for hydroxylation is 1. The van der Waals surface area contributed by atoms with Crippen LogP contribution in [-0.2, 0) is 6.54 Å². The van der Waals surface area contributed by atoms with Gasteiger partial charge in [-0.1, -0.05) is 27.7 Å². The van der Waals surface area contributed by atoms with E-state index in [9.17, 15) is 0 Å². The molecule has 1 aromatic heterocycles. The summed E-state index contributed by atoms with van der Waals surface area (Å²) in [7, 11) is 0. The van der Waals surface area contributed by atoms with Crippen molar-refractivity contribution in [1.82, 2.24) is 10.3 Å². The highest BCUT2D eigenvalue weighted by molar-refractivity contribution is 7.15. The van der Waals surface area contributed by atoms with Crippen LogP contribution in [0.4, 0.5) is 5.13 Å². The van der Waals surface area contributed by atoms with Gasteiger partial charge in [-0.2, -0.15) is 0 Å². The summed E-state index contributed by atoms with van der Waals surface area (Å²) in [4.78, 5) is 8.46. The van der Waals surface area contributed by atoms with E-state index in [0.717, 1.165) is 19.6 Å². The van der Waals surface area contributed by atoms with E-state index in [1.165, 1.54) is 15.7 Å². The van der Waals surface area contributed by atoms with Gasteiger partial charge in [-0.15, -0.1) is 11.3 Å². The predicted octanol–water partition coefficient (Wildman–Crippen LogP) is 3.43. The topological polar surface area (TPSA) is 28.2 Å². The molecule has 0 aliphatic rings. The minimum Gasteiger partial charge on any atom is -0.348 e. The minimum atomic E-state index is 0.521. The molecule has 0 atom stereocenters. The molecular formula is C14H27N3S. The van der Waals surface area contributed by atoms with Crippen molar-refractivity contribution in [2.45, 2.75) is 54.1 Å². The van der Waals surface area contributed by atoms with Crippen LogP contribution in [-0.4, -0.2) is 24.1 Å². The monoisotopic (exact) mass is 269 g/mol. The van der Waals surface area contributed by atoms with Gasteiger partial charge in [0.15, 0.2) is 5.13 Å². The van der Waals surface area contributed by atoms with Gasteiger partial charge in [0.2, 0.25) is 0 Å². The number of thiazole rings is 1. The maximum absolute atomic E-state index is 4.72. The molecule has 0 saturated carbocycles. The molecule has 18 heavy (non-hydrogen) atoms. The lowest BCUT2D eigenvalue weighted by atomic mass is 10.2.